The zero-order chi connectivity index (χ0) is 15.8. The summed E-state index contributed by atoms with van der Waals surface area (Å²) in [6.07, 6.45) is 4.42. The summed E-state index contributed by atoms with van der Waals surface area (Å²) in [5.41, 5.74) is 0.871. The Hall–Kier alpha value is -2.18. The van der Waals surface area contributed by atoms with E-state index in [0.717, 1.165) is 5.56 Å². The first-order valence-electron chi connectivity index (χ1n) is 6.39. The fraction of sp³-hybridized carbons (Fsp3) is 0.133. The molecule has 0 aliphatic carbocycles. The molecule has 1 heterocycles. The minimum atomic E-state index is -0.590. The van der Waals surface area contributed by atoms with Crippen LogP contribution in [0.2, 0.25) is 5.02 Å². The number of halogens is 1. The quantitative estimate of drug-likeness (QED) is 0.650. The first-order chi connectivity index (χ1) is 10.6. The molecule has 22 heavy (non-hydrogen) atoms. The molecule has 114 valence electrons. The molecule has 1 aromatic carbocycles. The Morgan fingerprint density at radius 2 is 2.27 bits per heavy atom. The molecular formula is C15H13ClN2O3S. The highest BCUT2D eigenvalue weighted by Gasteiger charge is 2.05. The summed E-state index contributed by atoms with van der Waals surface area (Å²) in [5.74, 6) is -0.968. The molecule has 0 saturated heterocycles. The third kappa shape index (κ3) is 5.67. The second kappa shape index (κ2) is 8.31. The highest BCUT2D eigenvalue weighted by Crippen LogP contribution is 2.10. The summed E-state index contributed by atoms with van der Waals surface area (Å²) in [6, 6.07) is 7.15. The third-order valence-corrected chi connectivity index (χ3v) is 3.51. The van der Waals surface area contributed by atoms with Gasteiger partial charge in [0.25, 0.3) is 5.91 Å². The van der Waals surface area contributed by atoms with Gasteiger partial charge in [0.15, 0.2) is 6.61 Å². The summed E-state index contributed by atoms with van der Waals surface area (Å²) < 4.78 is 4.83. The van der Waals surface area contributed by atoms with Crippen molar-refractivity contribution in [2.24, 2.45) is 0 Å². The van der Waals surface area contributed by atoms with Crippen molar-refractivity contribution in [1.29, 1.82) is 0 Å². The molecule has 0 unspecified atom stereocenters. The number of thiazole rings is 1. The van der Waals surface area contributed by atoms with E-state index in [1.54, 1.807) is 29.8 Å². The van der Waals surface area contributed by atoms with Crippen LogP contribution < -0.4 is 5.32 Å². The van der Waals surface area contributed by atoms with Gasteiger partial charge in [-0.05, 0) is 23.8 Å². The number of hydrogen-bond donors (Lipinski definition) is 1. The minimum Gasteiger partial charge on any atom is -0.452 e. The Balaban J connectivity index is 1.70. The Bertz CT molecular complexity index is 671. The van der Waals surface area contributed by atoms with Crippen molar-refractivity contribution in [1.82, 2.24) is 10.3 Å². The van der Waals surface area contributed by atoms with Crippen molar-refractivity contribution in [2.45, 2.75) is 6.54 Å². The van der Waals surface area contributed by atoms with Gasteiger partial charge in [-0.3, -0.25) is 4.79 Å². The van der Waals surface area contributed by atoms with E-state index in [9.17, 15) is 9.59 Å². The van der Waals surface area contributed by atoms with Crippen LogP contribution in [0.15, 0.2) is 41.9 Å². The van der Waals surface area contributed by atoms with Gasteiger partial charge in [-0.25, -0.2) is 9.78 Å². The lowest BCUT2D eigenvalue weighted by Crippen LogP contribution is -2.28. The molecule has 0 bridgehead atoms. The number of benzene rings is 1. The number of esters is 1. The molecule has 0 atom stereocenters. The monoisotopic (exact) mass is 336 g/mol. The van der Waals surface area contributed by atoms with Crippen LogP contribution in [-0.4, -0.2) is 23.5 Å². The fourth-order valence-corrected chi connectivity index (χ4v) is 2.28. The van der Waals surface area contributed by atoms with Gasteiger partial charge >= 0.3 is 5.97 Å². The Labute approximate surface area is 136 Å². The van der Waals surface area contributed by atoms with Gasteiger partial charge in [0.1, 0.15) is 5.01 Å². The molecular weight excluding hydrogens is 324 g/mol. The van der Waals surface area contributed by atoms with Crippen LogP contribution in [0.3, 0.4) is 0 Å². The number of amides is 1. The number of ether oxygens (including phenoxy) is 1. The van der Waals surface area contributed by atoms with E-state index in [2.05, 4.69) is 10.3 Å². The van der Waals surface area contributed by atoms with Gasteiger partial charge in [-0.15, -0.1) is 11.3 Å². The number of aromatic nitrogens is 1. The molecule has 2 aromatic rings. The minimum absolute atomic E-state index is 0.325. The molecule has 1 N–H and O–H groups in total. The number of rotatable bonds is 6. The van der Waals surface area contributed by atoms with Gasteiger partial charge in [0.05, 0.1) is 0 Å². The van der Waals surface area contributed by atoms with Crippen molar-refractivity contribution >= 4 is 40.9 Å². The number of carbonyl (C=O) groups is 2. The first kappa shape index (κ1) is 16.2. The van der Waals surface area contributed by atoms with Crippen molar-refractivity contribution in [2.75, 3.05) is 6.61 Å². The van der Waals surface area contributed by atoms with Crippen LogP contribution in [0.25, 0.3) is 6.08 Å². The maximum absolute atomic E-state index is 11.6. The van der Waals surface area contributed by atoms with E-state index in [-0.39, 0.29) is 12.5 Å². The first-order valence-corrected chi connectivity index (χ1v) is 7.65. The highest BCUT2D eigenvalue weighted by molar-refractivity contribution is 7.10. The van der Waals surface area contributed by atoms with Gasteiger partial charge in [-0.1, -0.05) is 23.7 Å². The van der Waals surface area contributed by atoms with Crippen molar-refractivity contribution in [3.05, 3.63) is 57.5 Å². The smallest absolute Gasteiger partial charge is 0.331 e. The molecule has 0 saturated carbocycles. The van der Waals surface area contributed by atoms with Gasteiger partial charge in [0, 0.05) is 29.2 Å². The van der Waals surface area contributed by atoms with Crippen molar-refractivity contribution < 1.29 is 14.3 Å². The average Bonchev–Trinajstić information content (AvgIpc) is 3.02. The molecule has 0 aliphatic heterocycles. The molecule has 1 amide bonds. The summed E-state index contributed by atoms with van der Waals surface area (Å²) in [7, 11) is 0. The number of carbonyl (C=O) groups excluding carboxylic acids is 2. The van der Waals surface area contributed by atoms with E-state index in [4.69, 9.17) is 16.3 Å². The zero-order valence-corrected chi connectivity index (χ0v) is 13.1. The van der Waals surface area contributed by atoms with E-state index >= 15 is 0 Å². The van der Waals surface area contributed by atoms with Gasteiger partial charge in [0.2, 0.25) is 0 Å². The summed E-state index contributed by atoms with van der Waals surface area (Å²) in [4.78, 5) is 27.0. The van der Waals surface area contributed by atoms with E-state index in [1.165, 1.54) is 23.5 Å². The van der Waals surface area contributed by atoms with Crippen LogP contribution in [0.5, 0.6) is 0 Å². The SMILES string of the molecule is O=C(COC(=O)/C=C/c1nccs1)NCc1cccc(Cl)c1. The maximum Gasteiger partial charge on any atom is 0.331 e. The Morgan fingerprint density at radius 1 is 1.41 bits per heavy atom. The van der Waals surface area contributed by atoms with Gasteiger partial charge in [-0.2, -0.15) is 0 Å². The largest absolute Gasteiger partial charge is 0.452 e. The highest BCUT2D eigenvalue weighted by atomic mass is 35.5. The van der Waals surface area contributed by atoms with Crippen molar-refractivity contribution in [3.63, 3.8) is 0 Å². The van der Waals surface area contributed by atoms with Crippen molar-refractivity contribution in [3.8, 4) is 0 Å². The van der Waals surface area contributed by atoms with Crippen LogP contribution in [0.4, 0.5) is 0 Å². The van der Waals surface area contributed by atoms with Crippen LogP contribution >= 0.6 is 22.9 Å². The number of nitrogens with zero attached hydrogens (tertiary/aromatic N) is 1. The predicted octanol–water partition coefficient (Wildman–Crippen LogP) is 2.67. The standard InChI is InChI=1S/C15H13ClN2O3S/c16-12-3-1-2-11(8-12)9-18-13(19)10-21-15(20)5-4-14-17-6-7-22-14/h1-8H,9-10H2,(H,18,19)/b5-4+. The van der Waals surface area contributed by atoms with E-state index in [0.29, 0.717) is 16.6 Å². The lowest BCUT2D eigenvalue weighted by Gasteiger charge is -2.05. The molecule has 1 aromatic heterocycles. The Kier molecular flexibility index (Phi) is 6.12. The number of nitrogens with one attached hydrogen (secondary N) is 1. The van der Waals surface area contributed by atoms with Crippen LogP contribution in [0, 0.1) is 0 Å². The molecule has 7 heteroatoms. The normalized spacial score (nSPS) is 10.6. The maximum atomic E-state index is 11.6. The third-order valence-electron chi connectivity index (χ3n) is 2.54. The summed E-state index contributed by atoms with van der Waals surface area (Å²) >= 11 is 7.25. The number of hydrogen-bond acceptors (Lipinski definition) is 5. The molecule has 0 spiro atoms. The molecule has 2 rings (SSSR count). The Morgan fingerprint density at radius 3 is 3.00 bits per heavy atom. The summed E-state index contributed by atoms with van der Waals surface area (Å²) in [5, 5.41) is 5.74. The molecule has 0 fully saturated rings. The summed E-state index contributed by atoms with van der Waals surface area (Å²) in [6.45, 7) is -0.00644. The lowest BCUT2D eigenvalue weighted by atomic mass is 10.2. The van der Waals surface area contributed by atoms with Crippen LogP contribution in [0.1, 0.15) is 10.6 Å². The second-order valence-corrected chi connectivity index (χ2v) is 5.58. The van der Waals surface area contributed by atoms with E-state index in [1.807, 2.05) is 6.07 Å². The van der Waals surface area contributed by atoms with E-state index < -0.39 is 5.97 Å². The topological polar surface area (TPSA) is 68.3 Å². The van der Waals surface area contributed by atoms with Gasteiger partial charge < -0.3 is 10.1 Å². The predicted molar refractivity (Wildman–Crippen MR) is 85.4 cm³/mol. The lowest BCUT2D eigenvalue weighted by molar-refractivity contribution is -0.143. The van der Waals surface area contributed by atoms with Crippen LogP contribution in [-0.2, 0) is 20.9 Å². The second-order valence-electron chi connectivity index (χ2n) is 4.22. The molecule has 0 radical (unpaired) electrons. The molecule has 0 aliphatic rings. The average molecular weight is 337 g/mol. The fourth-order valence-electron chi connectivity index (χ4n) is 1.54. The zero-order valence-electron chi connectivity index (χ0n) is 11.5. The molecule has 5 nitrogen and oxygen atoms in total.